The number of carbonyl (C=O) groups excluding carboxylic acids is 1. The topological polar surface area (TPSA) is 66.9 Å². The fourth-order valence-corrected chi connectivity index (χ4v) is 2.07. The van der Waals surface area contributed by atoms with Crippen molar-refractivity contribution in [1.82, 2.24) is 20.6 Å². The molecule has 2 heterocycles. The SMILES string of the molecule is O=C(NC[C@@H]1CCCCN1)c1ncncc1Cl. The van der Waals surface area contributed by atoms with Gasteiger partial charge in [-0.25, -0.2) is 9.97 Å². The molecule has 6 heteroatoms. The third-order valence-corrected chi connectivity index (χ3v) is 3.08. The summed E-state index contributed by atoms with van der Waals surface area (Å²) in [5.41, 5.74) is 0.234. The number of hydrogen-bond acceptors (Lipinski definition) is 4. The average Bonchev–Trinajstić information content (AvgIpc) is 2.38. The molecule has 1 saturated heterocycles. The zero-order valence-corrected chi connectivity index (χ0v) is 10.2. The number of nitrogens with zero attached hydrogens (tertiary/aromatic N) is 2. The summed E-state index contributed by atoms with van der Waals surface area (Å²) in [4.78, 5) is 19.4. The first-order valence-electron chi connectivity index (χ1n) is 5.74. The normalized spacial score (nSPS) is 19.9. The maximum absolute atomic E-state index is 11.8. The highest BCUT2D eigenvalue weighted by Gasteiger charge is 2.16. The number of hydrogen-bond donors (Lipinski definition) is 2. The second-order valence-electron chi connectivity index (χ2n) is 4.08. The molecule has 2 rings (SSSR count). The largest absolute Gasteiger partial charge is 0.349 e. The van der Waals surface area contributed by atoms with Crippen molar-refractivity contribution in [3.05, 3.63) is 23.2 Å². The van der Waals surface area contributed by atoms with E-state index in [2.05, 4.69) is 20.6 Å². The molecule has 92 valence electrons. The Kier molecular flexibility index (Phi) is 4.28. The Hall–Kier alpha value is -1.20. The molecule has 1 aromatic rings. The van der Waals surface area contributed by atoms with Crippen LogP contribution in [0.3, 0.4) is 0 Å². The molecule has 2 N–H and O–H groups in total. The third kappa shape index (κ3) is 3.38. The van der Waals surface area contributed by atoms with E-state index in [0.717, 1.165) is 13.0 Å². The highest BCUT2D eigenvalue weighted by Crippen LogP contribution is 2.10. The van der Waals surface area contributed by atoms with Gasteiger partial charge in [0.15, 0.2) is 0 Å². The molecule has 1 amide bonds. The Bertz CT molecular complexity index is 393. The lowest BCUT2D eigenvalue weighted by Crippen LogP contribution is -2.43. The van der Waals surface area contributed by atoms with E-state index >= 15 is 0 Å². The van der Waals surface area contributed by atoms with Crippen molar-refractivity contribution in [3.8, 4) is 0 Å². The van der Waals surface area contributed by atoms with Crippen LogP contribution in [0.1, 0.15) is 29.8 Å². The van der Waals surface area contributed by atoms with Crippen LogP contribution in [0.4, 0.5) is 0 Å². The highest BCUT2D eigenvalue weighted by molar-refractivity contribution is 6.33. The second kappa shape index (κ2) is 5.93. The highest BCUT2D eigenvalue weighted by atomic mass is 35.5. The fourth-order valence-electron chi connectivity index (χ4n) is 1.88. The van der Waals surface area contributed by atoms with Crippen LogP contribution in [0.5, 0.6) is 0 Å². The number of amides is 1. The maximum atomic E-state index is 11.8. The van der Waals surface area contributed by atoms with Gasteiger partial charge in [0, 0.05) is 18.8 Å². The summed E-state index contributed by atoms with van der Waals surface area (Å²) in [6, 6.07) is 0.355. The Morgan fingerprint density at radius 2 is 2.47 bits per heavy atom. The van der Waals surface area contributed by atoms with Gasteiger partial charge in [-0.1, -0.05) is 18.0 Å². The van der Waals surface area contributed by atoms with Crippen LogP contribution in [0.25, 0.3) is 0 Å². The Labute approximate surface area is 105 Å². The molecule has 1 atom stereocenters. The van der Waals surface area contributed by atoms with Crippen molar-refractivity contribution < 1.29 is 4.79 Å². The van der Waals surface area contributed by atoms with Crippen molar-refractivity contribution in [2.75, 3.05) is 13.1 Å². The molecule has 0 spiro atoms. The molecule has 0 aliphatic carbocycles. The summed E-state index contributed by atoms with van der Waals surface area (Å²) in [6.07, 6.45) is 6.25. The summed E-state index contributed by atoms with van der Waals surface area (Å²) >= 11 is 5.84. The predicted molar refractivity (Wildman–Crippen MR) is 65.0 cm³/mol. The van der Waals surface area contributed by atoms with Gasteiger partial charge in [0.2, 0.25) is 0 Å². The van der Waals surface area contributed by atoms with Crippen molar-refractivity contribution in [1.29, 1.82) is 0 Å². The van der Waals surface area contributed by atoms with Gasteiger partial charge >= 0.3 is 0 Å². The minimum absolute atomic E-state index is 0.234. The first-order chi connectivity index (χ1) is 8.27. The zero-order valence-electron chi connectivity index (χ0n) is 9.45. The van der Waals surface area contributed by atoms with Crippen molar-refractivity contribution in [2.45, 2.75) is 25.3 Å². The lowest BCUT2D eigenvalue weighted by Gasteiger charge is -2.23. The van der Waals surface area contributed by atoms with Crippen molar-refractivity contribution in [2.24, 2.45) is 0 Å². The summed E-state index contributed by atoms with van der Waals surface area (Å²) in [7, 11) is 0. The van der Waals surface area contributed by atoms with E-state index in [1.54, 1.807) is 0 Å². The molecule has 0 unspecified atom stereocenters. The molecular formula is C11H15ClN4O. The van der Waals surface area contributed by atoms with Crippen LogP contribution in [0.2, 0.25) is 5.02 Å². The standard InChI is InChI=1S/C11H15ClN4O/c12-9-6-13-7-16-10(9)11(17)15-5-8-3-1-2-4-14-8/h6-8,14H,1-5H2,(H,15,17)/t8-/m0/s1. The van der Waals surface area contributed by atoms with Crippen LogP contribution in [-0.2, 0) is 0 Å². The number of rotatable bonds is 3. The maximum Gasteiger partial charge on any atom is 0.271 e. The van der Waals surface area contributed by atoms with E-state index < -0.39 is 0 Å². The molecule has 0 saturated carbocycles. The smallest absolute Gasteiger partial charge is 0.271 e. The second-order valence-corrected chi connectivity index (χ2v) is 4.48. The van der Waals surface area contributed by atoms with E-state index in [0.29, 0.717) is 12.6 Å². The molecule has 1 aliphatic heterocycles. The van der Waals surface area contributed by atoms with Crippen LogP contribution < -0.4 is 10.6 Å². The number of aromatic nitrogens is 2. The number of nitrogens with one attached hydrogen (secondary N) is 2. The van der Waals surface area contributed by atoms with Crippen LogP contribution >= 0.6 is 11.6 Å². The molecule has 17 heavy (non-hydrogen) atoms. The molecule has 1 aromatic heterocycles. The molecule has 0 aromatic carbocycles. The van der Waals surface area contributed by atoms with Crippen LogP contribution in [-0.4, -0.2) is 35.0 Å². The average molecular weight is 255 g/mol. The van der Waals surface area contributed by atoms with E-state index in [4.69, 9.17) is 11.6 Å². The van der Waals surface area contributed by atoms with Gasteiger partial charge in [-0.05, 0) is 19.4 Å². The molecular weight excluding hydrogens is 240 g/mol. The monoisotopic (exact) mass is 254 g/mol. The van der Waals surface area contributed by atoms with Gasteiger partial charge in [-0.3, -0.25) is 4.79 Å². The van der Waals surface area contributed by atoms with E-state index in [9.17, 15) is 4.79 Å². The van der Waals surface area contributed by atoms with Crippen molar-refractivity contribution in [3.63, 3.8) is 0 Å². The predicted octanol–water partition coefficient (Wildman–Crippen LogP) is 1.00. The minimum atomic E-state index is -0.246. The Balaban J connectivity index is 1.87. The van der Waals surface area contributed by atoms with Gasteiger partial charge in [-0.15, -0.1) is 0 Å². The van der Waals surface area contributed by atoms with Gasteiger partial charge in [0.1, 0.15) is 12.0 Å². The quantitative estimate of drug-likeness (QED) is 0.845. The summed E-state index contributed by atoms with van der Waals surface area (Å²) in [5, 5.41) is 6.47. The Morgan fingerprint density at radius 1 is 1.59 bits per heavy atom. The lowest BCUT2D eigenvalue weighted by molar-refractivity contribution is 0.0942. The Morgan fingerprint density at radius 3 is 3.18 bits per heavy atom. The number of carbonyl (C=O) groups is 1. The van der Waals surface area contributed by atoms with E-state index in [1.165, 1.54) is 25.4 Å². The van der Waals surface area contributed by atoms with Gasteiger partial charge in [0.25, 0.3) is 5.91 Å². The van der Waals surface area contributed by atoms with Crippen molar-refractivity contribution >= 4 is 17.5 Å². The zero-order chi connectivity index (χ0) is 12.1. The lowest BCUT2D eigenvalue weighted by atomic mass is 10.1. The summed E-state index contributed by atoms with van der Waals surface area (Å²) in [5.74, 6) is -0.246. The first kappa shape index (κ1) is 12.3. The van der Waals surface area contributed by atoms with Crippen LogP contribution in [0, 0.1) is 0 Å². The number of halogens is 1. The molecule has 1 fully saturated rings. The first-order valence-corrected chi connectivity index (χ1v) is 6.12. The summed E-state index contributed by atoms with van der Waals surface area (Å²) in [6.45, 7) is 1.63. The van der Waals surface area contributed by atoms with Gasteiger partial charge in [0.05, 0.1) is 5.02 Å². The van der Waals surface area contributed by atoms with Gasteiger partial charge < -0.3 is 10.6 Å². The molecule has 0 radical (unpaired) electrons. The van der Waals surface area contributed by atoms with E-state index in [1.807, 2.05) is 0 Å². The fraction of sp³-hybridized carbons (Fsp3) is 0.545. The number of piperidine rings is 1. The summed E-state index contributed by atoms with van der Waals surface area (Å²) < 4.78 is 0. The third-order valence-electron chi connectivity index (χ3n) is 2.80. The minimum Gasteiger partial charge on any atom is -0.349 e. The van der Waals surface area contributed by atoms with Gasteiger partial charge in [-0.2, -0.15) is 0 Å². The molecule has 1 aliphatic rings. The van der Waals surface area contributed by atoms with Crippen LogP contribution in [0.15, 0.2) is 12.5 Å². The molecule has 0 bridgehead atoms. The van der Waals surface area contributed by atoms with E-state index in [-0.39, 0.29) is 16.6 Å². The molecule has 5 nitrogen and oxygen atoms in total.